The lowest BCUT2D eigenvalue weighted by molar-refractivity contribution is 0.0247. The van der Waals surface area contributed by atoms with Gasteiger partial charge < -0.3 is 16.2 Å². The number of ether oxygens (including phenoxy) is 1. The average molecular weight is 259 g/mol. The number of hydrogen-bond acceptors (Lipinski definition) is 4. The molecule has 2 rings (SSSR count). The molecule has 1 aliphatic rings. The molecule has 98 valence electrons. The van der Waals surface area contributed by atoms with Crippen LogP contribution in [0.5, 0.6) is 0 Å². The summed E-state index contributed by atoms with van der Waals surface area (Å²) in [6.45, 7) is -0.0477. The van der Waals surface area contributed by atoms with E-state index < -0.39 is 17.8 Å². The number of aliphatic imine (C=N–C) groups is 1. The van der Waals surface area contributed by atoms with Gasteiger partial charge in [0.25, 0.3) is 12.4 Å². The van der Waals surface area contributed by atoms with Crippen molar-refractivity contribution in [2.45, 2.75) is 18.4 Å². The highest BCUT2D eigenvalue weighted by molar-refractivity contribution is 5.73. The maximum absolute atomic E-state index is 13.7. The highest BCUT2D eigenvalue weighted by Gasteiger charge is 2.46. The van der Waals surface area contributed by atoms with Gasteiger partial charge in [0.15, 0.2) is 5.54 Å². The summed E-state index contributed by atoms with van der Waals surface area (Å²) in [5.41, 5.74) is 8.72. The minimum absolute atomic E-state index is 0.0477. The molecule has 4 N–H and O–H groups in total. The molecular formula is C11H12F3N3O. The van der Waals surface area contributed by atoms with Crippen molar-refractivity contribution in [3.63, 3.8) is 0 Å². The number of alkyl halides is 2. The first-order valence-electron chi connectivity index (χ1n) is 5.27. The Morgan fingerprint density at radius 1 is 1.33 bits per heavy atom. The monoisotopic (exact) mass is 259 g/mol. The zero-order valence-electron chi connectivity index (χ0n) is 9.37. The highest BCUT2D eigenvalue weighted by Crippen LogP contribution is 2.40. The van der Waals surface area contributed by atoms with Crippen molar-refractivity contribution in [1.29, 1.82) is 0 Å². The van der Waals surface area contributed by atoms with Gasteiger partial charge in [-0.15, -0.1) is 0 Å². The summed E-state index contributed by atoms with van der Waals surface area (Å²) in [5.74, 6) is -0.789. The van der Waals surface area contributed by atoms with Crippen LogP contribution in [-0.4, -0.2) is 19.1 Å². The first kappa shape index (κ1) is 12.5. The van der Waals surface area contributed by atoms with Gasteiger partial charge in [-0.25, -0.2) is 18.2 Å². The lowest BCUT2D eigenvalue weighted by Gasteiger charge is -2.33. The third-order valence-corrected chi connectivity index (χ3v) is 2.86. The van der Waals surface area contributed by atoms with Gasteiger partial charge in [0.2, 0.25) is 0 Å². The molecule has 0 saturated heterocycles. The fourth-order valence-corrected chi connectivity index (χ4v) is 1.94. The third kappa shape index (κ3) is 1.96. The van der Waals surface area contributed by atoms with Crippen LogP contribution in [0.4, 0.5) is 18.9 Å². The third-order valence-electron chi connectivity index (χ3n) is 2.86. The van der Waals surface area contributed by atoms with E-state index in [0.29, 0.717) is 0 Å². The van der Waals surface area contributed by atoms with E-state index in [-0.39, 0.29) is 30.3 Å². The molecule has 1 heterocycles. The second-order valence-electron chi connectivity index (χ2n) is 4.01. The molecule has 0 amide bonds. The molecule has 1 atom stereocenters. The summed E-state index contributed by atoms with van der Waals surface area (Å²) >= 11 is 0. The van der Waals surface area contributed by atoms with Crippen LogP contribution in [0.3, 0.4) is 0 Å². The van der Waals surface area contributed by atoms with Crippen LogP contribution in [0.25, 0.3) is 0 Å². The SMILES string of the molecule is NC1=N[C@@](c2cc(N)ccc2F)(C(F)F)CCO1. The molecule has 0 unspecified atom stereocenters. The van der Waals surface area contributed by atoms with Crippen LogP contribution < -0.4 is 11.5 Å². The Kier molecular flexibility index (Phi) is 3.06. The maximum Gasteiger partial charge on any atom is 0.283 e. The van der Waals surface area contributed by atoms with Crippen molar-refractivity contribution in [1.82, 2.24) is 0 Å². The molecule has 4 nitrogen and oxygen atoms in total. The number of rotatable bonds is 2. The van der Waals surface area contributed by atoms with Crippen LogP contribution in [0.1, 0.15) is 12.0 Å². The Labute approximate surface area is 101 Å². The fourth-order valence-electron chi connectivity index (χ4n) is 1.94. The lowest BCUT2D eigenvalue weighted by atomic mass is 9.86. The van der Waals surface area contributed by atoms with E-state index in [9.17, 15) is 13.2 Å². The first-order chi connectivity index (χ1) is 8.45. The van der Waals surface area contributed by atoms with E-state index in [2.05, 4.69) is 4.99 Å². The summed E-state index contributed by atoms with van der Waals surface area (Å²) in [6.07, 6.45) is -3.07. The Hall–Kier alpha value is -1.92. The van der Waals surface area contributed by atoms with Crippen molar-refractivity contribution in [3.8, 4) is 0 Å². The van der Waals surface area contributed by atoms with Crippen LogP contribution in [0, 0.1) is 5.82 Å². The average Bonchev–Trinajstić information content (AvgIpc) is 2.32. The normalized spacial score (nSPS) is 23.7. The van der Waals surface area contributed by atoms with E-state index in [1.54, 1.807) is 0 Å². The van der Waals surface area contributed by atoms with Crippen LogP contribution >= 0.6 is 0 Å². The van der Waals surface area contributed by atoms with Crippen molar-refractivity contribution >= 4 is 11.7 Å². The molecular weight excluding hydrogens is 247 g/mol. The Balaban J connectivity index is 2.61. The minimum Gasteiger partial charge on any atom is -0.465 e. The van der Waals surface area contributed by atoms with Gasteiger partial charge in [0, 0.05) is 17.7 Å². The molecule has 0 radical (unpaired) electrons. The molecule has 0 spiro atoms. The van der Waals surface area contributed by atoms with Crippen LogP contribution in [0.15, 0.2) is 23.2 Å². The van der Waals surface area contributed by atoms with E-state index in [4.69, 9.17) is 16.2 Å². The summed E-state index contributed by atoms with van der Waals surface area (Å²) in [5, 5.41) is 0. The molecule has 0 bridgehead atoms. The molecule has 0 aliphatic carbocycles. The minimum atomic E-state index is -2.91. The van der Waals surface area contributed by atoms with Gasteiger partial charge in [0.05, 0.1) is 6.61 Å². The molecule has 0 saturated carbocycles. The molecule has 1 aliphatic heterocycles. The summed E-state index contributed by atoms with van der Waals surface area (Å²) < 4.78 is 45.2. The second-order valence-corrected chi connectivity index (χ2v) is 4.01. The van der Waals surface area contributed by atoms with E-state index in [1.807, 2.05) is 0 Å². The van der Waals surface area contributed by atoms with Crippen molar-refractivity contribution in [2.75, 3.05) is 12.3 Å². The molecule has 0 aromatic heterocycles. The first-order valence-corrected chi connectivity index (χ1v) is 5.27. The summed E-state index contributed by atoms with van der Waals surface area (Å²) in [4.78, 5) is 3.61. The smallest absolute Gasteiger partial charge is 0.283 e. The zero-order valence-corrected chi connectivity index (χ0v) is 9.37. The second kappa shape index (κ2) is 4.40. The Morgan fingerprint density at radius 3 is 2.67 bits per heavy atom. The molecule has 7 heteroatoms. The number of amidine groups is 1. The Bertz CT molecular complexity index is 492. The predicted octanol–water partition coefficient (Wildman–Crippen LogP) is 1.60. The van der Waals surface area contributed by atoms with Gasteiger partial charge >= 0.3 is 0 Å². The molecule has 1 aromatic rings. The quantitative estimate of drug-likeness (QED) is 0.792. The summed E-state index contributed by atoms with van der Waals surface area (Å²) in [7, 11) is 0. The van der Waals surface area contributed by atoms with E-state index in [0.717, 1.165) is 12.1 Å². The Morgan fingerprint density at radius 2 is 2.06 bits per heavy atom. The largest absolute Gasteiger partial charge is 0.465 e. The number of nitrogens with two attached hydrogens (primary N) is 2. The van der Waals surface area contributed by atoms with Crippen molar-refractivity contribution < 1.29 is 17.9 Å². The number of halogens is 3. The number of hydrogen-bond donors (Lipinski definition) is 2. The van der Waals surface area contributed by atoms with E-state index >= 15 is 0 Å². The fraction of sp³-hybridized carbons (Fsp3) is 0.364. The van der Waals surface area contributed by atoms with Crippen LogP contribution in [0.2, 0.25) is 0 Å². The number of nitrogens with zero attached hydrogens (tertiary/aromatic N) is 1. The lowest BCUT2D eigenvalue weighted by Crippen LogP contribution is -2.41. The summed E-state index contributed by atoms with van der Waals surface area (Å²) in [6, 6.07) is 3.12. The van der Waals surface area contributed by atoms with E-state index in [1.165, 1.54) is 6.07 Å². The predicted molar refractivity (Wildman–Crippen MR) is 60.7 cm³/mol. The van der Waals surface area contributed by atoms with Crippen molar-refractivity contribution in [3.05, 3.63) is 29.6 Å². The van der Waals surface area contributed by atoms with Crippen molar-refractivity contribution in [2.24, 2.45) is 10.7 Å². The molecule has 18 heavy (non-hydrogen) atoms. The van der Waals surface area contributed by atoms with Gasteiger partial charge in [-0.2, -0.15) is 0 Å². The molecule has 0 fully saturated rings. The van der Waals surface area contributed by atoms with Crippen LogP contribution in [-0.2, 0) is 10.3 Å². The number of benzene rings is 1. The number of anilines is 1. The highest BCUT2D eigenvalue weighted by atomic mass is 19.3. The van der Waals surface area contributed by atoms with Gasteiger partial charge in [-0.05, 0) is 18.2 Å². The zero-order chi connectivity index (χ0) is 13.3. The number of nitrogen functional groups attached to an aromatic ring is 1. The van der Waals surface area contributed by atoms with Gasteiger partial charge in [0.1, 0.15) is 5.82 Å². The molecule has 1 aromatic carbocycles. The maximum atomic E-state index is 13.7. The van der Waals surface area contributed by atoms with Gasteiger partial charge in [-0.1, -0.05) is 0 Å². The standard InChI is InChI=1S/C11H12F3N3O/c12-8-2-1-6(15)5-7(8)11(9(13)14)3-4-18-10(16)17-11/h1-2,5,9H,3-4,15H2,(H2,16,17)/t11-/m0/s1. The van der Waals surface area contributed by atoms with Gasteiger partial charge in [-0.3, -0.25) is 0 Å². The topological polar surface area (TPSA) is 73.6 Å².